The second-order valence-electron chi connectivity index (χ2n) is 4.24. The smallest absolute Gasteiger partial charge is 0.234 e. The molecule has 4 heteroatoms. The zero-order valence-electron chi connectivity index (χ0n) is 10.8. The fourth-order valence-electron chi connectivity index (χ4n) is 1.66. The molecule has 1 aromatic rings. The summed E-state index contributed by atoms with van der Waals surface area (Å²) >= 11 is 1.57. The van der Waals surface area contributed by atoms with E-state index in [0.29, 0.717) is 12.2 Å². The molecule has 1 aromatic carbocycles. The Labute approximate surface area is 113 Å². The van der Waals surface area contributed by atoms with Crippen LogP contribution in [-0.4, -0.2) is 17.4 Å². The topological polar surface area (TPSA) is 52.9 Å². The predicted molar refractivity (Wildman–Crippen MR) is 76.7 cm³/mol. The quantitative estimate of drug-likeness (QED) is 0.800. The molecular weight excluding hydrogens is 244 g/mol. The van der Waals surface area contributed by atoms with Crippen LogP contribution < -0.4 is 5.32 Å². The number of nitrogens with one attached hydrogen (secondary N) is 1. The molecule has 0 aromatic heterocycles. The average molecular weight is 262 g/mol. The van der Waals surface area contributed by atoms with Crippen LogP contribution in [0.1, 0.15) is 24.0 Å². The molecule has 0 radical (unpaired) electrons. The molecular formula is C14H18N2OS. The van der Waals surface area contributed by atoms with Crippen LogP contribution in [0.5, 0.6) is 0 Å². The van der Waals surface area contributed by atoms with Crippen molar-refractivity contribution in [2.75, 3.05) is 16.8 Å². The normalized spacial score (nSPS) is 9.83. The number of nitrogens with zero attached hydrogens (tertiary/aromatic N) is 1. The summed E-state index contributed by atoms with van der Waals surface area (Å²) in [7, 11) is 0. The van der Waals surface area contributed by atoms with Crippen molar-refractivity contribution in [1.29, 1.82) is 5.26 Å². The van der Waals surface area contributed by atoms with Gasteiger partial charge in [-0.2, -0.15) is 17.0 Å². The van der Waals surface area contributed by atoms with Gasteiger partial charge in [-0.3, -0.25) is 4.79 Å². The Hall–Kier alpha value is -1.47. The lowest BCUT2D eigenvalue weighted by Crippen LogP contribution is -2.14. The van der Waals surface area contributed by atoms with Gasteiger partial charge in [-0.1, -0.05) is 6.07 Å². The van der Waals surface area contributed by atoms with Crippen molar-refractivity contribution < 1.29 is 4.79 Å². The number of nitriles is 1. The fraction of sp³-hybridized carbons (Fsp3) is 0.429. The molecule has 0 heterocycles. The molecule has 0 bridgehead atoms. The Bertz CT molecular complexity index is 431. The molecule has 0 saturated heterocycles. The maximum atomic E-state index is 11.7. The molecule has 1 N–H and O–H groups in total. The monoisotopic (exact) mass is 262 g/mol. The molecule has 0 aliphatic carbocycles. The number of benzene rings is 1. The predicted octanol–water partition coefficient (Wildman–Crippen LogP) is 3.28. The van der Waals surface area contributed by atoms with E-state index < -0.39 is 0 Å². The Morgan fingerprint density at radius 1 is 1.33 bits per heavy atom. The first-order valence-electron chi connectivity index (χ1n) is 5.94. The largest absolute Gasteiger partial charge is 0.325 e. The van der Waals surface area contributed by atoms with Crippen molar-refractivity contribution in [1.82, 2.24) is 0 Å². The standard InChI is InChI=1S/C14H18N2OS/c1-11-7-12(2)9-13(8-11)16-14(17)10-18-6-4-3-5-15/h7-9H,3-4,6,10H2,1-2H3,(H,16,17). The van der Waals surface area contributed by atoms with Crippen LogP contribution in [0.2, 0.25) is 0 Å². The minimum Gasteiger partial charge on any atom is -0.325 e. The van der Waals surface area contributed by atoms with E-state index in [1.54, 1.807) is 11.8 Å². The fourth-order valence-corrected chi connectivity index (χ4v) is 2.41. The van der Waals surface area contributed by atoms with Crippen molar-refractivity contribution in [2.45, 2.75) is 26.7 Å². The van der Waals surface area contributed by atoms with Gasteiger partial charge in [0.25, 0.3) is 0 Å². The van der Waals surface area contributed by atoms with E-state index in [9.17, 15) is 4.79 Å². The molecule has 0 spiro atoms. The molecule has 3 nitrogen and oxygen atoms in total. The van der Waals surface area contributed by atoms with Gasteiger partial charge >= 0.3 is 0 Å². The molecule has 1 rings (SSSR count). The number of rotatable bonds is 6. The number of carbonyl (C=O) groups is 1. The Morgan fingerprint density at radius 2 is 2.00 bits per heavy atom. The van der Waals surface area contributed by atoms with Crippen molar-refractivity contribution in [3.8, 4) is 6.07 Å². The van der Waals surface area contributed by atoms with E-state index in [1.165, 1.54) is 0 Å². The highest BCUT2D eigenvalue weighted by Gasteiger charge is 2.03. The molecule has 0 fully saturated rings. The number of amides is 1. The zero-order chi connectivity index (χ0) is 13.4. The minimum atomic E-state index is 0.0157. The lowest BCUT2D eigenvalue weighted by molar-refractivity contribution is -0.113. The first kappa shape index (κ1) is 14.6. The first-order chi connectivity index (χ1) is 8.61. The number of anilines is 1. The van der Waals surface area contributed by atoms with Gasteiger partial charge in [0.05, 0.1) is 11.8 Å². The maximum Gasteiger partial charge on any atom is 0.234 e. The first-order valence-corrected chi connectivity index (χ1v) is 7.10. The van der Waals surface area contributed by atoms with Gasteiger partial charge in [0.1, 0.15) is 0 Å². The lowest BCUT2D eigenvalue weighted by Gasteiger charge is -2.07. The molecule has 96 valence electrons. The molecule has 0 atom stereocenters. The highest BCUT2D eigenvalue weighted by Crippen LogP contribution is 2.14. The third-order valence-electron chi connectivity index (χ3n) is 2.32. The van der Waals surface area contributed by atoms with Crippen LogP contribution in [-0.2, 0) is 4.79 Å². The van der Waals surface area contributed by atoms with Gasteiger partial charge in [-0.25, -0.2) is 0 Å². The van der Waals surface area contributed by atoms with Gasteiger partial charge in [0, 0.05) is 12.1 Å². The summed E-state index contributed by atoms with van der Waals surface area (Å²) in [5.41, 5.74) is 3.15. The van der Waals surface area contributed by atoms with Gasteiger partial charge in [-0.05, 0) is 49.3 Å². The van der Waals surface area contributed by atoms with Gasteiger partial charge in [-0.15, -0.1) is 0 Å². The number of hydrogen-bond acceptors (Lipinski definition) is 3. The molecule has 0 aliphatic heterocycles. The second kappa shape index (κ2) is 7.78. The van der Waals surface area contributed by atoms with E-state index >= 15 is 0 Å². The van der Waals surface area contributed by atoms with E-state index in [-0.39, 0.29) is 5.91 Å². The van der Waals surface area contributed by atoms with E-state index in [4.69, 9.17) is 5.26 Å². The van der Waals surface area contributed by atoms with E-state index in [1.807, 2.05) is 26.0 Å². The molecule has 0 aliphatic rings. The minimum absolute atomic E-state index is 0.0157. The number of hydrogen-bond donors (Lipinski definition) is 1. The van der Waals surface area contributed by atoms with Crippen LogP contribution in [0, 0.1) is 25.2 Å². The second-order valence-corrected chi connectivity index (χ2v) is 5.34. The van der Waals surface area contributed by atoms with Gasteiger partial charge in [0.15, 0.2) is 0 Å². The molecule has 0 saturated carbocycles. The molecule has 1 amide bonds. The number of aryl methyl sites for hydroxylation is 2. The van der Waals surface area contributed by atoms with Crippen molar-refractivity contribution in [3.63, 3.8) is 0 Å². The Kier molecular flexibility index (Phi) is 6.31. The third-order valence-corrected chi connectivity index (χ3v) is 3.36. The SMILES string of the molecule is Cc1cc(C)cc(NC(=O)CSCCCC#N)c1. The third kappa shape index (κ3) is 5.74. The van der Waals surface area contributed by atoms with Crippen LogP contribution in [0.3, 0.4) is 0 Å². The highest BCUT2D eigenvalue weighted by molar-refractivity contribution is 7.99. The highest BCUT2D eigenvalue weighted by atomic mass is 32.2. The number of thioether (sulfide) groups is 1. The summed E-state index contributed by atoms with van der Waals surface area (Å²) in [6, 6.07) is 8.10. The molecule has 0 unspecified atom stereocenters. The van der Waals surface area contributed by atoms with Gasteiger partial charge in [0.2, 0.25) is 5.91 Å². The van der Waals surface area contributed by atoms with Crippen LogP contribution in [0.25, 0.3) is 0 Å². The molecule has 18 heavy (non-hydrogen) atoms. The van der Waals surface area contributed by atoms with E-state index in [2.05, 4.69) is 17.5 Å². The summed E-state index contributed by atoms with van der Waals surface area (Å²) in [6.07, 6.45) is 1.41. The summed E-state index contributed by atoms with van der Waals surface area (Å²) in [6.45, 7) is 4.03. The summed E-state index contributed by atoms with van der Waals surface area (Å²) in [5, 5.41) is 11.3. The van der Waals surface area contributed by atoms with Crippen LogP contribution >= 0.6 is 11.8 Å². The van der Waals surface area contributed by atoms with E-state index in [0.717, 1.165) is 29.0 Å². The summed E-state index contributed by atoms with van der Waals surface area (Å²) < 4.78 is 0. The summed E-state index contributed by atoms with van der Waals surface area (Å²) in [4.78, 5) is 11.7. The Morgan fingerprint density at radius 3 is 2.61 bits per heavy atom. The lowest BCUT2D eigenvalue weighted by atomic mass is 10.1. The number of unbranched alkanes of at least 4 members (excludes halogenated alkanes) is 1. The van der Waals surface area contributed by atoms with Gasteiger partial charge < -0.3 is 5.32 Å². The zero-order valence-corrected chi connectivity index (χ0v) is 11.6. The number of carbonyl (C=O) groups excluding carboxylic acids is 1. The maximum absolute atomic E-state index is 11.7. The van der Waals surface area contributed by atoms with Crippen LogP contribution in [0.4, 0.5) is 5.69 Å². The average Bonchev–Trinajstić information content (AvgIpc) is 2.27. The Balaban J connectivity index is 2.33. The van der Waals surface area contributed by atoms with Crippen molar-refractivity contribution >= 4 is 23.4 Å². The van der Waals surface area contributed by atoms with Crippen molar-refractivity contribution in [2.24, 2.45) is 0 Å². The van der Waals surface area contributed by atoms with Crippen LogP contribution in [0.15, 0.2) is 18.2 Å². The van der Waals surface area contributed by atoms with Crippen molar-refractivity contribution in [3.05, 3.63) is 29.3 Å². The summed E-state index contributed by atoms with van der Waals surface area (Å²) in [5.74, 6) is 1.31.